The molecule has 0 fully saturated rings. The van der Waals surface area contributed by atoms with E-state index in [2.05, 4.69) is 5.32 Å². The summed E-state index contributed by atoms with van der Waals surface area (Å²) in [4.78, 5) is 12.8. The van der Waals surface area contributed by atoms with Gasteiger partial charge < -0.3 is 19.5 Å². The standard InChI is InChI=1S/C24H25NO4/c1-16-8-9-17(2)22(12-16)25-24(26)18-10-11-23(28-4)19(13-18)15-29-21-7-5-6-20(14-21)27-3/h5-14H,15H2,1-4H3,(H,25,26). The van der Waals surface area contributed by atoms with Crippen molar-refractivity contribution in [3.63, 3.8) is 0 Å². The summed E-state index contributed by atoms with van der Waals surface area (Å²) in [6, 6.07) is 18.7. The maximum atomic E-state index is 12.8. The molecule has 3 aromatic carbocycles. The highest BCUT2D eigenvalue weighted by Crippen LogP contribution is 2.25. The van der Waals surface area contributed by atoms with E-state index in [1.54, 1.807) is 32.4 Å². The van der Waals surface area contributed by atoms with Crippen molar-refractivity contribution < 1.29 is 19.0 Å². The lowest BCUT2D eigenvalue weighted by Crippen LogP contribution is -2.13. The van der Waals surface area contributed by atoms with Crippen LogP contribution < -0.4 is 19.5 Å². The summed E-state index contributed by atoms with van der Waals surface area (Å²) in [7, 11) is 3.21. The van der Waals surface area contributed by atoms with Gasteiger partial charge >= 0.3 is 0 Å². The van der Waals surface area contributed by atoms with Crippen molar-refractivity contribution in [1.82, 2.24) is 0 Å². The molecule has 5 heteroatoms. The lowest BCUT2D eigenvalue weighted by atomic mass is 10.1. The lowest BCUT2D eigenvalue weighted by molar-refractivity contribution is 0.102. The van der Waals surface area contributed by atoms with Crippen LogP contribution in [0.5, 0.6) is 17.2 Å². The molecule has 0 aliphatic heterocycles. The molecule has 3 aromatic rings. The monoisotopic (exact) mass is 391 g/mol. The quantitative estimate of drug-likeness (QED) is 0.605. The van der Waals surface area contributed by atoms with Crippen LogP contribution in [0.1, 0.15) is 27.0 Å². The number of hydrogen-bond donors (Lipinski definition) is 1. The van der Waals surface area contributed by atoms with E-state index < -0.39 is 0 Å². The molecule has 0 aliphatic carbocycles. The number of carbonyl (C=O) groups is 1. The van der Waals surface area contributed by atoms with Gasteiger partial charge in [-0.05, 0) is 61.4 Å². The Morgan fingerprint density at radius 2 is 1.69 bits per heavy atom. The van der Waals surface area contributed by atoms with Crippen LogP contribution in [0.25, 0.3) is 0 Å². The van der Waals surface area contributed by atoms with E-state index in [9.17, 15) is 4.79 Å². The third-order valence-electron chi connectivity index (χ3n) is 4.62. The summed E-state index contributed by atoms with van der Waals surface area (Å²) in [5, 5.41) is 2.98. The van der Waals surface area contributed by atoms with Crippen LogP contribution in [0.3, 0.4) is 0 Å². The van der Waals surface area contributed by atoms with Crippen LogP contribution in [0.2, 0.25) is 0 Å². The van der Waals surface area contributed by atoms with Crippen molar-refractivity contribution in [1.29, 1.82) is 0 Å². The second kappa shape index (κ2) is 9.15. The number of methoxy groups -OCH3 is 2. The smallest absolute Gasteiger partial charge is 0.255 e. The zero-order valence-electron chi connectivity index (χ0n) is 17.1. The second-order valence-electron chi connectivity index (χ2n) is 6.77. The first-order valence-corrected chi connectivity index (χ1v) is 9.32. The average molecular weight is 391 g/mol. The normalized spacial score (nSPS) is 10.3. The Labute approximate surface area is 171 Å². The fourth-order valence-electron chi connectivity index (χ4n) is 2.95. The van der Waals surface area contributed by atoms with Crippen molar-refractivity contribution in [2.45, 2.75) is 20.5 Å². The third-order valence-corrected chi connectivity index (χ3v) is 4.62. The van der Waals surface area contributed by atoms with Crippen molar-refractivity contribution in [2.75, 3.05) is 19.5 Å². The number of hydrogen-bond acceptors (Lipinski definition) is 4. The van der Waals surface area contributed by atoms with Crippen LogP contribution in [0.4, 0.5) is 5.69 Å². The summed E-state index contributed by atoms with van der Waals surface area (Å²) in [6.45, 7) is 4.23. The van der Waals surface area contributed by atoms with Crippen LogP contribution in [-0.4, -0.2) is 20.1 Å². The average Bonchev–Trinajstić information content (AvgIpc) is 2.74. The van der Waals surface area contributed by atoms with E-state index in [0.29, 0.717) is 17.1 Å². The van der Waals surface area contributed by atoms with Gasteiger partial charge in [-0.1, -0.05) is 18.2 Å². The molecule has 0 aliphatic rings. The van der Waals surface area contributed by atoms with Gasteiger partial charge in [0.1, 0.15) is 23.9 Å². The minimum atomic E-state index is -0.177. The predicted octanol–water partition coefficient (Wildman–Crippen LogP) is 5.15. The molecule has 1 amide bonds. The number of nitrogens with one attached hydrogen (secondary N) is 1. The minimum absolute atomic E-state index is 0.177. The largest absolute Gasteiger partial charge is 0.497 e. The molecule has 0 heterocycles. The van der Waals surface area contributed by atoms with Gasteiger partial charge in [-0.2, -0.15) is 0 Å². The van der Waals surface area contributed by atoms with Gasteiger partial charge in [0.05, 0.1) is 14.2 Å². The second-order valence-corrected chi connectivity index (χ2v) is 6.77. The molecule has 29 heavy (non-hydrogen) atoms. The number of anilines is 1. The Kier molecular flexibility index (Phi) is 6.39. The number of benzene rings is 3. The SMILES string of the molecule is COc1cccc(OCc2cc(C(=O)Nc3cc(C)ccc3C)ccc2OC)c1. The summed E-state index contributed by atoms with van der Waals surface area (Å²) >= 11 is 0. The fraction of sp³-hybridized carbons (Fsp3) is 0.208. The molecule has 0 saturated heterocycles. The third kappa shape index (κ3) is 5.08. The van der Waals surface area contributed by atoms with E-state index >= 15 is 0 Å². The predicted molar refractivity (Wildman–Crippen MR) is 114 cm³/mol. The highest BCUT2D eigenvalue weighted by atomic mass is 16.5. The maximum absolute atomic E-state index is 12.8. The van der Waals surface area contributed by atoms with Crippen LogP contribution >= 0.6 is 0 Å². The van der Waals surface area contributed by atoms with Gasteiger partial charge in [-0.25, -0.2) is 0 Å². The zero-order chi connectivity index (χ0) is 20.8. The highest BCUT2D eigenvalue weighted by molar-refractivity contribution is 6.04. The first-order chi connectivity index (χ1) is 14.0. The molecular weight excluding hydrogens is 366 g/mol. The van der Waals surface area contributed by atoms with Gasteiger partial charge in [0.25, 0.3) is 5.91 Å². The molecule has 150 valence electrons. The molecule has 0 spiro atoms. The van der Waals surface area contributed by atoms with Gasteiger partial charge in [0.2, 0.25) is 0 Å². The Morgan fingerprint density at radius 1 is 0.897 bits per heavy atom. The Bertz CT molecular complexity index is 1010. The summed E-state index contributed by atoms with van der Waals surface area (Å²) < 4.78 is 16.5. The number of amides is 1. The molecule has 0 saturated carbocycles. The van der Waals surface area contributed by atoms with Crippen LogP contribution in [0, 0.1) is 13.8 Å². The molecule has 0 bridgehead atoms. The summed E-state index contributed by atoms with van der Waals surface area (Å²) in [5.74, 6) is 1.88. The van der Waals surface area contributed by atoms with Crippen molar-refractivity contribution in [3.8, 4) is 17.2 Å². The Morgan fingerprint density at radius 3 is 2.45 bits per heavy atom. The van der Waals surface area contributed by atoms with Gasteiger partial charge in [0.15, 0.2) is 0 Å². The van der Waals surface area contributed by atoms with Crippen LogP contribution in [0.15, 0.2) is 60.7 Å². The molecule has 5 nitrogen and oxygen atoms in total. The molecule has 3 rings (SSSR count). The summed E-state index contributed by atoms with van der Waals surface area (Å²) in [6.07, 6.45) is 0. The van der Waals surface area contributed by atoms with E-state index in [1.807, 2.05) is 56.3 Å². The maximum Gasteiger partial charge on any atom is 0.255 e. The molecule has 0 atom stereocenters. The molecular formula is C24H25NO4. The zero-order valence-corrected chi connectivity index (χ0v) is 17.1. The summed E-state index contributed by atoms with van der Waals surface area (Å²) in [5.41, 5.74) is 4.23. The molecule has 0 radical (unpaired) electrons. The van der Waals surface area contributed by atoms with Crippen LogP contribution in [-0.2, 0) is 6.61 Å². The topological polar surface area (TPSA) is 56.8 Å². The van der Waals surface area contributed by atoms with E-state index in [4.69, 9.17) is 14.2 Å². The molecule has 0 aromatic heterocycles. The van der Waals surface area contributed by atoms with E-state index in [-0.39, 0.29) is 12.5 Å². The van der Waals surface area contributed by atoms with Crippen molar-refractivity contribution >= 4 is 11.6 Å². The van der Waals surface area contributed by atoms with Gasteiger partial charge in [0, 0.05) is 22.9 Å². The molecule has 0 unspecified atom stereocenters. The Hall–Kier alpha value is -3.47. The number of carbonyl (C=O) groups excluding carboxylic acids is 1. The fourth-order valence-corrected chi connectivity index (χ4v) is 2.95. The van der Waals surface area contributed by atoms with Gasteiger partial charge in [-0.15, -0.1) is 0 Å². The minimum Gasteiger partial charge on any atom is -0.497 e. The molecule has 1 N–H and O–H groups in total. The lowest BCUT2D eigenvalue weighted by Gasteiger charge is -2.14. The van der Waals surface area contributed by atoms with E-state index in [0.717, 1.165) is 28.1 Å². The first kappa shape index (κ1) is 20.3. The first-order valence-electron chi connectivity index (χ1n) is 9.32. The highest BCUT2D eigenvalue weighted by Gasteiger charge is 2.12. The van der Waals surface area contributed by atoms with E-state index in [1.165, 1.54) is 0 Å². The Balaban J connectivity index is 1.78. The number of aryl methyl sites for hydroxylation is 2. The van der Waals surface area contributed by atoms with Crippen molar-refractivity contribution in [3.05, 3.63) is 82.9 Å². The number of rotatable bonds is 7. The van der Waals surface area contributed by atoms with Gasteiger partial charge in [-0.3, -0.25) is 4.79 Å². The van der Waals surface area contributed by atoms with Crippen molar-refractivity contribution in [2.24, 2.45) is 0 Å². The number of ether oxygens (including phenoxy) is 3.